The molecule has 0 radical (unpaired) electrons. The summed E-state index contributed by atoms with van der Waals surface area (Å²) in [5, 5.41) is 2.91. The molecule has 6 heteroatoms. The molecule has 4 rings (SSSR count). The summed E-state index contributed by atoms with van der Waals surface area (Å²) in [6.45, 7) is 8.45. The first-order valence-corrected chi connectivity index (χ1v) is 11.2. The number of alkyl halides is 2. The fraction of sp³-hybridized carbons (Fsp3) is 0.560. The second kappa shape index (κ2) is 8.73. The molecule has 0 aromatic heterocycles. The van der Waals surface area contributed by atoms with Crippen LogP contribution in [0.15, 0.2) is 47.2 Å². The Balaban J connectivity index is 1.36. The van der Waals surface area contributed by atoms with Gasteiger partial charge in [-0.3, -0.25) is 9.69 Å². The molecular weight excluding hydrogens is 398 g/mol. The van der Waals surface area contributed by atoms with E-state index in [0.29, 0.717) is 5.92 Å². The molecule has 2 fully saturated rings. The monoisotopic (exact) mass is 430 g/mol. The summed E-state index contributed by atoms with van der Waals surface area (Å²) >= 11 is 0. The summed E-state index contributed by atoms with van der Waals surface area (Å²) in [6.07, 6.45) is 3.99. The van der Waals surface area contributed by atoms with Gasteiger partial charge in [0.1, 0.15) is 5.76 Å². The molecule has 4 nitrogen and oxygen atoms in total. The molecule has 3 atom stereocenters. The normalized spacial score (nSPS) is 26.0. The van der Waals surface area contributed by atoms with Crippen LogP contribution in [-0.2, 0) is 16.1 Å². The first kappa shape index (κ1) is 22.0. The number of nitrogens with zero attached hydrogens (tertiary/aromatic N) is 1. The molecule has 0 bridgehead atoms. The Labute approximate surface area is 183 Å². The number of carbonyl (C=O) groups excluding carboxylic acids is 1. The van der Waals surface area contributed by atoms with Crippen molar-refractivity contribution in [3.8, 4) is 0 Å². The van der Waals surface area contributed by atoms with Gasteiger partial charge in [0.05, 0.1) is 18.6 Å². The molecule has 1 aliphatic heterocycles. The number of amides is 1. The lowest BCUT2D eigenvalue weighted by molar-refractivity contribution is -0.119. The minimum Gasteiger partial charge on any atom is -0.497 e. The smallest absolute Gasteiger partial charge is 0.255 e. The Morgan fingerprint density at radius 1 is 1.32 bits per heavy atom. The lowest BCUT2D eigenvalue weighted by Crippen LogP contribution is -2.34. The third-order valence-corrected chi connectivity index (χ3v) is 6.51. The number of allylic oxidation sites excluding steroid dienone is 2. The molecular formula is C25H32F2N2O2. The largest absolute Gasteiger partial charge is 0.497 e. The molecule has 3 aliphatic rings. The van der Waals surface area contributed by atoms with Gasteiger partial charge >= 0.3 is 0 Å². The van der Waals surface area contributed by atoms with Crippen molar-refractivity contribution in [2.24, 2.45) is 11.8 Å². The maximum atomic E-state index is 13.2. The zero-order valence-electron chi connectivity index (χ0n) is 18.6. The third-order valence-electron chi connectivity index (χ3n) is 6.51. The number of carbonyl (C=O) groups is 1. The predicted octanol–water partition coefficient (Wildman–Crippen LogP) is 4.98. The minimum absolute atomic E-state index is 0.00266. The molecule has 1 saturated heterocycles. The van der Waals surface area contributed by atoms with Crippen LogP contribution >= 0.6 is 0 Å². The summed E-state index contributed by atoms with van der Waals surface area (Å²) in [4.78, 5) is 13.7. The fourth-order valence-electron chi connectivity index (χ4n) is 4.63. The molecule has 1 amide bonds. The van der Waals surface area contributed by atoms with E-state index >= 15 is 0 Å². The quantitative estimate of drug-likeness (QED) is 0.663. The maximum absolute atomic E-state index is 13.2. The predicted molar refractivity (Wildman–Crippen MR) is 116 cm³/mol. The Morgan fingerprint density at radius 3 is 2.68 bits per heavy atom. The minimum atomic E-state index is -2.52. The standard InChI is InChI=1S/C25H32F2N2O2/c1-16-10-21-14-29(13-19-4-6-20(7-5-19)17(2)28-18(3)30)9-8-23(21)24(11-16)31-15-22-12-25(22,26)27/h4-7,10,16-17,22H,8-9,11-15H2,1-3H3,(H,28,30). The van der Waals surface area contributed by atoms with Crippen LogP contribution in [0, 0.1) is 11.8 Å². The van der Waals surface area contributed by atoms with Crippen LogP contribution in [0.25, 0.3) is 0 Å². The summed E-state index contributed by atoms with van der Waals surface area (Å²) < 4.78 is 32.3. The topological polar surface area (TPSA) is 41.6 Å². The van der Waals surface area contributed by atoms with Crippen molar-refractivity contribution in [2.75, 3.05) is 19.7 Å². The van der Waals surface area contributed by atoms with E-state index in [0.717, 1.165) is 43.8 Å². The molecule has 1 saturated carbocycles. The highest BCUT2D eigenvalue weighted by Gasteiger charge is 2.57. The Hall–Kier alpha value is -2.21. The second-order valence-electron chi connectivity index (χ2n) is 9.37. The van der Waals surface area contributed by atoms with E-state index in [9.17, 15) is 13.6 Å². The summed E-state index contributed by atoms with van der Waals surface area (Å²) in [6, 6.07) is 8.40. The number of nitrogens with one attached hydrogen (secondary N) is 1. The van der Waals surface area contributed by atoms with Crippen LogP contribution in [0.1, 0.15) is 57.2 Å². The van der Waals surface area contributed by atoms with Crippen molar-refractivity contribution in [3.63, 3.8) is 0 Å². The lowest BCUT2D eigenvalue weighted by Gasteiger charge is -2.35. The first-order chi connectivity index (χ1) is 14.7. The summed E-state index contributed by atoms with van der Waals surface area (Å²) in [5.41, 5.74) is 4.86. The van der Waals surface area contributed by atoms with E-state index in [-0.39, 0.29) is 25.0 Å². The maximum Gasteiger partial charge on any atom is 0.255 e. The zero-order chi connectivity index (χ0) is 22.2. The second-order valence-corrected chi connectivity index (χ2v) is 9.37. The Bertz CT molecular complexity index is 891. The number of halogens is 2. The van der Waals surface area contributed by atoms with E-state index in [1.807, 2.05) is 6.92 Å². The molecule has 2 aliphatic carbocycles. The van der Waals surface area contributed by atoms with Crippen LogP contribution in [0.5, 0.6) is 0 Å². The van der Waals surface area contributed by atoms with Gasteiger partial charge < -0.3 is 10.1 Å². The van der Waals surface area contributed by atoms with Gasteiger partial charge in [-0.1, -0.05) is 37.3 Å². The molecule has 0 spiro atoms. The Kier molecular flexibility index (Phi) is 6.20. The van der Waals surface area contributed by atoms with Gasteiger partial charge in [0.15, 0.2) is 0 Å². The van der Waals surface area contributed by atoms with Crippen molar-refractivity contribution in [1.29, 1.82) is 0 Å². The molecule has 1 heterocycles. The fourth-order valence-corrected chi connectivity index (χ4v) is 4.63. The van der Waals surface area contributed by atoms with Crippen LogP contribution < -0.4 is 5.32 Å². The van der Waals surface area contributed by atoms with Gasteiger partial charge in [0, 0.05) is 39.4 Å². The molecule has 1 aromatic rings. The number of hydrogen-bond donors (Lipinski definition) is 1. The number of rotatable bonds is 7. The zero-order valence-corrected chi connectivity index (χ0v) is 18.6. The van der Waals surface area contributed by atoms with Crippen molar-refractivity contribution in [3.05, 3.63) is 58.4 Å². The van der Waals surface area contributed by atoms with E-state index in [1.165, 1.54) is 23.6 Å². The lowest BCUT2D eigenvalue weighted by atomic mass is 9.85. The van der Waals surface area contributed by atoms with E-state index in [4.69, 9.17) is 4.74 Å². The number of hydrogen-bond acceptors (Lipinski definition) is 3. The van der Waals surface area contributed by atoms with Crippen LogP contribution in [0.3, 0.4) is 0 Å². The molecule has 1 aromatic carbocycles. The summed E-state index contributed by atoms with van der Waals surface area (Å²) in [5.74, 6) is -1.87. The molecule has 168 valence electrons. The highest BCUT2D eigenvalue weighted by Crippen LogP contribution is 2.49. The number of piperidine rings is 1. The summed E-state index contributed by atoms with van der Waals surface area (Å²) in [7, 11) is 0. The van der Waals surface area contributed by atoms with E-state index in [2.05, 4.69) is 47.5 Å². The number of ether oxygens (including phenoxy) is 1. The average molecular weight is 431 g/mol. The van der Waals surface area contributed by atoms with E-state index < -0.39 is 11.8 Å². The van der Waals surface area contributed by atoms with Gasteiger partial charge in [-0.25, -0.2) is 8.78 Å². The molecule has 1 N–H and O–H groups in total. The average Bonchev–Trinajstić information content (AvgIpc) is 3.32. The van der Waals surface area contributed by atoms with Gasteiger partial charge in [0.25, 0.3) is 5.92 Å². The highest BCUT2D eigenvalue weighted by atomic mass is 19.3. The van der Waals surface area contributed by atoms with Crippen LogP contribution in [0.4, 0.5) is 8.78 Å². The number of fused-ring (bicyclic) bond motifs is 1. The number of likely N-dealkylation sites (tertiary alicyclic amines) is 1. The van der Waals surface area contributed by atoms with Crippen molar-refractivity contribution >= 4 is 5.91 Å². The third kappa shape index (κ3) is 5.35. The molecule has 31 heavy (non-hydrogen) atoms. The van der Waals surface area contributed by atoms with Crippen molar-refractivity contribution in [2.45, 2.75) is 58.5 Å². The van der Waals surface area contributed by atoms with E-state index in [1.54, 1.807) is 0 Å². The molecule has 3 unspecified atom stereocenters. The number of benzene rings is 1. The first-order valence-electron chi connectivity index (χ1n) is 11.2. The van der Waals surface area contributed by atoms with Gasteiger partial charge in [-0.15, -0.1) is 0 Å². The van der Waals surface area contributed by atoms with Crippen molar-refractivity contribution in [1.82, 2.24) is 10.2 Å². The SMILES string of the molecule is CC(=O)NC(C)c1ccc(CN2CCC3=C(OCC4CC4(F)F)CC(C)C=C3C2)cc1. The van der Waals surface area contributed by atoms with Gasteiger partial charge in [0.2, 0.25) is 5.91 Å². The highest BCUT2D eigenvalue weighted by molar-refractivity contribution is 5.73. The Morgan fingerprint density at radius 2 is 2.03 bits per heavy atom. The van der Waals surface area contributed by atoms with Gasteiger partial charge in [-0.2, -0.15) is 0 Å². The van der Waals surface area contributed by atoms with Gasteiger partial charge in [-0.05, 0) is 41.5 Å². The van der Waals surface area contributed by atoms with Crippen LogP contribution in [0.2, 0.25) is 0 Å². The van der Waals surface area contributed by atoms with Crippen molar-refractivity contribution < 1.29 is 18.3 Å². The van der Waals surface area contributed by atoms with Crippen LogP contribution in [-0.4, -0.2) is 36.4 Å².